The highest BCUT2D eigenvalue weighted by Gasteiger charge is 2.11. The Labute approximate surface area is 101 Å². The van der Waals surface area contributed by atoms with Gasteiger partial charge in [-0.3, -0.25) is 4.79 Å². The average molecular weight is 237 g/mol. The third kappa shape index (κ3) is 4.97. The van der Waals surface area contributed by atoms with Crippen LogP contribution in [0.4, 0.5) is 0 Å². The molecule has 0 aliphatic heterocycles. The smallest absolute Gasteiger partial charge is 0.320 e. The molecule has 0 heterocycles. The van der Waals surface area contributed by atoms with E-state index >= 15 is 0 Å². The Balaban J connectivity index is 2.53. The van der Waals surface area contributed by atoms with Gasteiger partial charge in [-0.1, -0.05) is 24.3 Å². The summed E-state index contributed by atoms with van der Waals surface area (Å²) in [6, 6.07) is 6.83. The number of hydrogen-bond donors (Lipinski definition) is 3. The minimum absolute atomic E-state index is 0.296. The van der Waals surface area contributed by atoms with Crippen molar-refractivity contribution >= 4 is 5.97 Å². The van der Waals surface area contributed by atoms with Gasteiger partial charge in [-0.15, -0.1) is 0 Å². The van der Waals surface area contributed by atoms with E-state index in [2.05, 4.69) is 0 Å². The Bertz CT molecular complexity index is 359. The van der Waals surface area contributed by atoms with Gasteiger partial charge in [0, 0.05) is 0 Å². The van der Waals surface area contributed by atoms with Crippen LogP contribution in [0.3, 0.4) is 0 Å². The summed E-state index contributed by atoms with van der Waals surface area (Å²) < 4.78 is 0. The quantitative estimate of drug-likeness (QED) is 0.688. The van der Waals surface area contributed by atoms with Crippen molar-refractivity contribution in [2.24, 2.45) is 5.73 Å². The molecule has 1 rings (SSSR count). The highest BCUT2D eigenvalue weighted by atomic mass is 16.4. The fourth-order valence-electron chi connectivity index (χ4n) is 1.56. The van der Waals surface area contributed by atoms with Gasteiger partial charge in [0.2, 0.25) is 0 Å². The van der Waals surface area contributed by atoms with Crippen molar-refractivity contribution in [1.82, 2.24) is 0 Å². The lowest BCUT2D eigenvalue weighted by Gasteiger charge is -2.08. The van der Waals surface area contributed by atoms with Gasteiger partial charge in [-0.05, 0) is 37.3 Å². The molecule has 0 saturated heterocycles. The van der Waals surface area contributed by atoms with Crippen molar-refractivity contribution in [1.29, 1.82) is 0 Å². The Hall–Kier alpha value is -1.39. The molecule has 1 unspecified atom stereocenters. The first-order valence-electron chi connectivity index (χ1n) is 5.73. The summed E-state index contributed by atoms with van der Waals surface area (Å²) in [7, 11) is 0. The minimum Gasteiger partial charge on any atom is -0.480 e. The fourth-order valence-corrected chi connectivity index (χ4v) is 1.56. The second-order valence-corrected chi connectivity index (χ2v) is 4.35. The molecule has 0 bridgehead atoms. The maximum Gasteiger partial charge on any atom is 0.320 e. The number of carboxylic acids is 1. The summed E-state index contributed by atoms with van der Waals surface area (Å²) in [5.74, 6) is -0.983. The van der Waals surface area contributed by atoms with Crippen LogP contribution in [0.1, 0.15) is 24.5 Å². The molecule has 4 N–H and O–H groups in total. The predicted molar refractivity (Wildman–Crippen MR) is 65.8 cm³/mol. The van der Waals surface area contributed by atoms with Crippen LogP contribution in [0.5, 0.6) is 0 Å². The van der Waals surface area contributed by atoms with Crippen molar-refractivity contribution in [2.75, 3.05) is 0 Å². The third-order valence-corrected chi connectivity index (χ3v) is 2.65. The number of rotatable bonds is 6. The number of hydrogen-bond acceptors (Lipinski definition) is 3. The number of aliphatic carboxylic acids is 1. The number of nitrogens with two attached hydrogens (primary N) is 1. The molecule has 0 aliphatic rings. The zero-order valence-electron chi connectivity index (χ0n) is 9.97. The molecule has 4 nitrogen and oxygen atoms in total. The molecule has 4 heteroatoms. The first kappa shape index (κ1) is 13.7. The molecule has 0 radical (unpaired) electrons. The molecular formula is C13H19NO3. The van der Waals surface area contributed by atoms with Crippen LogP contribution in [0.2, 0.25) is 0 Å². The molecule has 0 aliphatic carbocycles. The maximum absolute atomic E-state index is 10.6. The van der Waals surface area contributed by atoms with Crippen molar-refractivity contribution in [3.63, 3.8) is 0 Å². The number of aliphatic hydroxyl groups excluding tert-OH is 1. The fraction of sp³-hybridized carbons (Fsp3) is 0.462. The summed E-state index contributed by atoms with van der Waals surface area (Å²) in [4.78, 5) is 10.6. The lowest BCUT2D eigenvalue weighted by Crippen LogP contribution is -2.32. The van der Waals surface area contributed by atoms with E-state index in [1.807, 2.05) is 24.3 Å². The molecule has 0 fully saturated rings. The Kier molecular flexibility index (Phi) is 5.12. The summed E-state index contributed by atoms with van der Waals surface area (Å²) in [5.41, 5.74) is 7.51. The van der Waals surface area contributed by atoms with Gasteiger partial charge in [0.25, 0.3) is 0 Å². The molecule has 0 aromatic heterocycles. The van der Waals surface area contributed by atoms with Gasteiger partial charge in [-0.25, -0.2) is 0 Å². The lowest BCUT2D eigenvalue weighted by atomic mass is 10.0. The van der Waals surface area contributed by atoms with Crippen molar-refractivity contribution in [3.05, 3.63) is 35.4 Å². The highest BCUT2D eigenvalue weighted by molar-refractivity contribution is 5.73. The first-order chi connectivity index (χ1) is 7.99. The van der Waals surface area contributed by atoms with E-state index in [1.54, 1.807) is 6.92 Å². The maximum atomic E-state index is 10.6. The molecule has 0 spiro atoms. The Morgan fingerprint density at radius 3 is 2.29 bits per heavy atom. The number of benzene rings is 1. The van der Waals surface area contributed by atoms with Crippen molar-refractivity contribution in [2.45, 2.75) is 38.3 Å². The predicted octanol–water partition coefficient (Wildman–Crippen LogP) is 0.954. The van der Waals surface area contributed by atoms with Crippen molar-refractivity contribution in [3.8, 4) is 0 Å². The zero-order chi connectivity index (χ0) is 12.8. The highest BCUT2D eigenvalue weighted by Crippen LogP contribution is 2.09. The van der Waals surface area contributed by atoms with Crippen LogP contribution >= 0.6 is 0 Å². The zero-order valence-corrected chi connectivity index (χ0v) is 9.97. The molecule has 1 aromatic rings. The number of aryl methyl sites for hydroxylation is 1. The largest absolute Gasteiger partial charge is 0.480 e. The molecule has 0 saturated carbocycles. The Morgan fingerprint density at radius 2 is 1.82 bits per heavy atom. The van der Waals surface area contributed by atoms with Gasteiger partial charge in [-0.2, -0.15) is 0 Å². The van der Waals surface area contributed by atoms with Crippen molar-refractivity contribution < 1.29 is 15.0 Å². The molecule has 1 aromatic carbocycles. The van der Waals surface area contributed by atoms with Crippen LogP contribution in [0.25, 0.3) is 0 Å². The van der Waals surface area contributed by atoms with E-state index in [0.29, 0.717) is 6.42 Å². The monoisotopic (exact) mass is 237 g/mol. The van der Waals surface area contributed by atoms with Crippen LogP contribution in [0.15, 0.2) is 24.3 Å². The molecule has 2 atom stereocenters. The molecule has 17 heavy (non-hydrogen) atoms. The normalized spacial score (nSPS) is 14.3. The molecule has 94 valence electrons. The van der Waals surface area contributed by atoms with E-state index in [-0.39, 0.29) is 6.10 Å². The van der Waals surface area contributed by atoms with Gasteiger partial charge in [0.05, 0.1) is 6.10 Å². The summed E-state index contributed by atoms with van der Waals surface area (Å²) in [5, 5.41) is 17.9. The van der Waals surface area contributed by atoms with Gasteiger partial charge < -0.3 is 15.9 Å². The lowest BCUT2D eigenvalue weighted by molar-refractivity contribution is -0.138. The third-order valence-electron chi connectivity index (χ3n) is 2.65. The van der Waals surface area contributed by atoms with Crippen LogP contribution in [-0.4, -0.2) is 28.3 Å². The van der Waals surface area contributed by atoms with E-state index in [4.69, 9.17) is 15.9 Å². The standard InChI is InChI=1S/C13H19NO3/c1-9(15)2-3-10-4-6-11(7-5-10)8-12(14)13(16)17/h4-7,9,12,15H,2-3,8,14H2,1H3,(H,16,17)/t9-,12?/m0/s1. The topological polar surface area (TPSA) is 83.5 Å². The number of aliphatic hydroxyl groups is 1. The Morgan fingerprint density at radius 1 is 1.29 bits per heavy atom. The second-order valence-electron chi connectivity index (χ2n) is 4.35. The van der Waals surface area contributed by atoms with E-state index in [1.165, 1.54) is 0 Å². The van der Waals surface area contributed by atoms with Crippen LogP contribution in [-0.2, 0) is 17.6 Å². The van der Waals surface area contributed by atoms with E-state index < -0.39 is 12.0 Å². The SMILES string of the molecule is C[C@H](O)CCc1ccc(CC(N)C(=O)O)cc1. The van der Waals surface area contributed by atoms with Crippen LogP contribution < -0.4 is 5.73 Å². The summed E-state index contributed by atoms with van der Waals surface area (Å²) in [6.45, 7) is 1.76. The van der Waals surface area contributed by atoms with Gasteiger partial charge in [0.1, 0.15) is 6.04 Å². The minimum atomic E-state index is -0.983. The van der Waals surface area contributed by atoms with Gasteiger partial charge >= 0.3 is 5.97 Å². The second kappa shape index (κ2) is 6.37. The van der Waals surface area contributed by atoms with Gasteiger partial charge in [0.15, 0.2) is 0 Å². The summed E-state index contributed by atoms with van der Waals surface area (Å²) in [6.07, 6.45) is 1.60. The summed E-state index contributed by atoms with van der Waals surface area (Å²) >= 11 is 0. The molecule has 0 amide bonds. The first-order valence-corrected chi connectivity index (χ1v) is 5.73. The molecular weight excluding hydrogens is 218 g/mol. The number of carboxylic acid groups (broad SMARTS) is 1. The van der Waals surface area contributed by atoms with E-state index in [0.717, 1.165) is 24.0 Å². The van der Waals surface area contributed by atoms with Crippen LogP contribution in [0, 0.1) is 0 Å². The van der Waals surface area contributed by atoms with E-state index in [9.17, 15) is 4.79 Å². The number of carbonyl (C=O) groups is 1. The average Bonchev–Trinajstić information content (AvgIpc) is 2.28.